The lowest BCUT2D eigenvalue weighted by Gasteiger charge is -2.40. The van der Waals surface area contributed by atoms with Crippen molar-refractivity contribution in [2.45, 2.75) is 58.6 Å². The van der Waals surface area contributed by atoms with Crippen LogP contribution in [-0.4, -0.2) is 34.7 Å². The SMILES string of the molecule is CC(C)CC1(O)CCN(C(C)C)CC1. The van der Waals surface area contributed by atoms with Crippen LogP contribution in [-0.2, 0) is 0 Å². The van der Waals surface area contributed by atoms with Gasteiger partial charge in [-0.05, 0) is 39.0 Å². The molecule has 84 valence electrons. The highest BCUT2D eigenvalue weighted by atomic mass is 16.3. The van der Waals surface area contributed by atoms with E-state index in [0.717, 1.165) is 32.4 Å². The van der Waals surface area contributed by atoms with E-state index in [2.05, 4.69) is 32.6 Å². The van der Waals surface area contributed by atoms with Crippen LogP contribution in [0.5, 0.6) is 0 Å². The van der Waals surface area contributed by atoms with Crippen molar-refractivity contribution in [3.05, 3.63) is 0 Å². The number of aliphatic hydroxyl groups is 1. The molecule has 0 atom stereocenters. The van der Waals surface area contributed by atoms with Crippen LogP contribution in [0.15, 0.2) is 0 Å². The summed E-state index contributed by atoms with van der Waals surface area (Å²) in [5.41, 5.74) is -0.375. The maximum Gasteiger partial charge on any atom is 0.0674 e. The predicted molar refractivity (Wildman–Crippen MR) is 60.3 cm³/mol. The molecule has 0 amide bonds. The Balaban J connectivity index is 2.41. The molecule has 0 unspecified atom stereocenters. The van der Waals surface area contributed by atoms with Crippen LogP contribution < -0.4 is 0 Å². The molecule has 2 heteroatoms. The Hall–Kier alpha value is -0.0800. The minimum absolute atomic E-state index is 0.375. The fourth-order valence-electron chi connectivity index (χ4n) is 2.42. The largest absolute Gasteiger partial charge is 0.390 e. The van der Waals surface area contributed by atoms with E-state index in [1.54, 1.807) is 0 Å². The van der Waals surface area contributed by atoms with Gasteiger partial charge in [-0.2, -0.15) is 0 Å². The zero-order valence-electron chi connectivity index (χ0n) is 10.1. The monoisotopic (exact) mass is 199 g/mol. The second-order valence-electron chi connectivity index (χ2n) is 5.45. The summed E-state index contributed by atoms with van der Waals surface area (Å²) in [6.45, 7) is 10.9. The molecule has 0 aliphatic carbocycles. The second kappa shape index (κ2) is 4.63. The average molecular weight is 199 g/mol. The van der Waals surface area contributed by atoms with Crippen molar-refractivity contribution in [3.63, 3.8) is 0 Å². The average Bonchev–Trinajstić information content (AvgIpc) is 2.02. The van der Waals surface area contributed by atoms with Crippen LogP contribution in [0.25, 0.3) is 0 Å². The smallest absolute Gasteiger partial charge is 0.0674 e. The summed E-state index contributed by atoms with van der Waals surface area (Å²) < 4.78 is 0. The normalized spacial score (nSPS) is 23.4. The Bertz CT molecular complexity index is 169. The first-order chi connectivity index (χ1) is 6.43. The van der Waals surface area contributed by atoms with Gasteiger partial charge in [-0.3, -0.25) is 0 Å². The third-order valence-corrected chi connectivity index (χ3v) is 3.25. The fourth-order valence-corrected chi connectivity index (χ4v) is 2.42. The van der Waals surface area contributed by atoms with Gasteiger partial charge in [0.1, 0.15) is 0 Å². The van der Waals surface area contributed by atoms with Crippen LogP contribution >= 0.6 is 0 Å². The van der Waals surface area contributed by atoms with Gasteiger partial charge < -0.3 is 10.0 Å². The molecule has 14 heavy (non-hydrogen) atoms. The molecule has 2 nitrogen and oxygen atoms in total. The van der Waals surface area contributed by atoms with Gasteiger partial charge in [-0.15, -0.1) is 0 Å². The van der Waals surface area contributed by atoms with Crippen LogP contribution in [0.1, 0.15) is 47.0 Å². The Labute approximate surface area is 88.3 Å². The first-order valence-corrected chi connectivity index (χ1v) is 5.89. The quantitative estimate of drug-likeness (QED) is 0.753. The summed E-state index contributed by atoms with van der Waals surface area (Å²) >= 11 is 0. The van der Waals surface area contributed by atoms with Crippen molar-refractivity contribution < 1.29 is 5.11 Å². The van der Waals surface area contributed by atoms with E-state index in [-0.39, 0.29) is 5.60 Å². The van der Waals surface area contributed by atoms with Crippen molar-refractivity contribution in [2.75, 3.05) is 13.1 Å². The first-order valence-electron chi connectivity index (χ1n) is 5.89. The standard InChI is InChI=1S/C12H25NO/c1-10(2)9-12(14)5-7-13(8-6-12)11(3)4/h10-11,14H,5-9H2,1-4H3. The van der Waals surface area contributed by atoms with E-state index >= 15 is 0 Å². The molecule has 0 aromatic heterocycles. The van der Waals surface area contributed by atoms with Gasteiger partial charge in [0, 0.05) is 19.1 Å². The summed E-state index contributed by atoms with van der Waals surface area (Å²) in [5.74, 6) is 0.602. The van der Waals surface area contributed by atoms with Gasteiger partial charge in [0.05, 0.1) is 5.60 Å². The molecule has 0 aromatic rings. The summed E-state index contributed by atoms with van der Waals surface area (Å²) in [6, 6.07) is 0.624. The molecule has 0 saturated carbocycles. The zero-order valence-corrected chi connectivity index (χ0v) is 10.1. The molecule has 0 aromatic carbocycles. The van der Waals surface area contributed by atoms with E-state index in [9.17, 15) is 5.11 Å². The number of hydrogen-bond acceptors (Lipinski definition) is 2. The summed E-state index contributed by atoms with van der Waals surface area (Å²) in [5, 5.41) is 10.3. The molecule has 0 spiro atoms. The summed E-state index contributed by atoms with van der Waals surface area (Å²) in [7, 11) is 0. The minimum atomic E-state index is -0.375. The van der Waals surface area contributed by atoms with Gasteiger partial charge in [0.25, 0.3) is 0 Å². The highest BCUT2D eigenvalue weighted by Gasteiger charge is 2.33. The van der Waals surface area contributed by atoms with Gasteiger partial charge in [0.2, 0.25) is 0 Å². The Morgan fingerprint density at radius 3 is 2.00 bits per heavy atom. The van der Waals surface area contributed by atoms with Crippen molar-refractivity contribution in [1.29, 1.82) is 0 Å². The fraction of sp³-hybridized carbons (Fsp3) is 1.00. The van der Waals surface area contributed by atoms with Crippen molar-refractivity contribution in [3.8, 4) is 0 Å². The zero-order chi connectivity index (χ0) is 10.8. The molecular formula is C12H25NO. The molecule has 1 heterocycles. The van der Waals surface area contributed by atoms with Crippen molar-refractivity contribution in [2.24, 2.45) is 5.92 Å². The van der Waals surface area contributed by atoms with Crippen molar-refractivity contribution >= 4 is 0 Å². The third kappa shape index (κ3) is 3.25. The van der Waals surface area contributed by atoms with Crippen LogP contribution in [0.2, 0.25) is 0 Å². The lowest BCUT2D eigenvalue weighted by Crippen LogP contribution is -2.47. The van der Waals surface area contributed by atoms with E-state index in [1.807, 2.05) is 0 Å². The molecule has 1 fully saturated rings. The van der Waals surface area contributed by atoms with Gasteiger partial charge in [0.15, 0.2) is 0 Å². The van der Waals surface area contributed by atoms with Gasteiger partial charge >= 0.3 is 0 Å². The molecule has 1 saturated heterocycles. The third-order valence-electron chi connectivity index (χ3n) is 3.25. The topological polar surface area (TPSA) is 23.5 Å². The van der Waals surface area contributed by atoms with Crippen LogP contribution in [0.4, 0.5) is 0 Å². The molecule has 1 N–H and O–H groups in total. The second-order valence-corrected chi connectivity index (χ2v) is 5.45. The predicted octanol–water partition coefficient (Wildman–Crippen LogP) is 2.27. The van der Waals surface area contributed by atoms with Gasteiger partial charge in [-0.25, -0.2) is 0 Å². The van der Waals surface area contributed by atoms with Crippen LogP contribution in [0.3, 0.4) is 0 Å². The molecule has 1 aliphatic heterocycles. The maximum atomic E-state index is 10.3. The number of nitrogens with zero attached hydrogens (tertiary/aromatic N) is 1. The van der Waals surface area contributed by atoms with E-state index in [1.165, 1.54) is 0 Å². The Kier molecular flexibility index (Phi) is 3.96. The molecular weight excluding hydrogens is 174 g/mol. The number of likely N-dealkylation sites (tertiary alicyclic amines) is 1. The number of piperidine rings is 1. The highest BCUT2D eigenvalue weighted by Crippen LogP contribution is 2.29. The van der Waals surface area contributed by atoms with Crippen molar-refractivity contribution in [1.82, 2.24) is 4.90 Å². The maximum absolute atomic E-state index is 10.3. The lowest BCUT2D eigenvalue weighted by molar-refractivity contribution is -0.0416. The highest BCUT2D eigenvalue weighted by molar-refractivity contribution is 4.87. The summed E-state index contributed by atoms with van der Waals surface area (Å²) in [4.78, 5) is 2.45. The van der Waals surface area contributed by atoms with E-state index in [0.29, 0.717) is 12.0 Å². The number of hydrogen-bond donors (Lipinski definition) is 1. The minimum Gasteiger partial charge on any atom is -0.390 e. The molecule has 0 radical (unpaired) electrons. The van der Waals surface area contributed by atoms with Crippen LogP contribution in [0, 0.1) is 5.92 Å². The Morgan fingerprint density at radius 2 is 1.64 bits per heavy atom. The number of rotatable bonds is 3. The van der Waals surface area contributed by atoms with E-state index in [4.69, 9.17) is 0 Å². The Morgan fingerprint density at radius 1 is 1.14 bits per heavy atom. The van der Waals surface area contributed by atoms with E-state index < -0.39 is 0 Å². The molecule has 1 rings (SSSR count). The molecule has 1 aliphatic rings. The van der Waals surface area contributed by atoms with Gasteiger partial charge in [-0.1, -0.05) is 13.8 Å². The lowest BCUT2D eigenvalue weighted by atomic mass is 9.83. The summed E-state index contributed by atoms with van der Waals surface area (Å²) in [6.07, 6.45) is 2.85. The first kappa shape index (κ1) is 12.0. The molecule has 0 bridgehead atoms.